The van der Waals surface area contributed by atoms with E-state index in [1.165, 1.54) is 5.56 Å². The van der Waals surface area contributed by atoms with Crippen LogP contribution in [0.2, 0.25) is 0 Å². The molecule has 90 valence electrons. The Morgan fingerprint density at radius 1 is 1.06 bits per heavy atom. The van der Waals surface area contributed by atoms with Gasteiger partial charge in [-0.15, -0.1) is 0 Å². The molecule has 0 bridgehead atoms. The topological polar surface area (TPSA) is 35.2 Å². The minimum atomic E-state index is -0.318. The highest BCUT2D eigenvalue weighted by Gasteiger charge is 2.23. The third-order valence-electron chi connectivity index (χ3n) is 2.57. The molecule has 0 aliphatic rings. The molecule has 0 spiro atoms. The molecule has 0 amide bonds. The molecule has 0 fully saturated rings. The van der Waals surface area contributed by atoms with Crippen molar-refractivity contribution in [3.05, 3.63) is 29.8 Å². The second kappa shape index (κ2) is 4.46. The molecule has 2 nitrogen and oxygen atoms in total. The van der Waals surface area contributed by atoms with Crippen LogP contribution in [0.3, 0.4) is 0 Å². The number of rotatable bonds is 3. The summed E-state index contributed by atoms with van der Waals surface area (Å²) in [5, 5.41) is 0. The summed E-state index contributed by atoms with van der Waals surface area (Å²) in [6.45, 7) is 11.1. The van der Waals surface area contributed by atoms with Crippen LogP contribution < -0.4 is 10.5 Å². The molecule has 0 saturated heterocycles. The van der Waals surface area contributed by atoms with Gasteiger partial charge in [-0.05, 0) is 30.9 Å². The molecule has 2 N–H and O–H groups in total. The Bertz CT molecular complexity index is 350. The monoisotopic (exact) mass is 221 g/mol. The van der Waals surface area contributed by atoms with Crippen molar-refractivity contribution in [1.82, 2.24) is 0 Å². The molecular formula is C14H23NO. The molecule has 0 unspecified atom stereocenters. The largest absolute Gasteiger partial charge is 0.486 e. The Morgan fingerprint density at radius 2 is 1.62 bits per heavy atom. The van der Waals surface area contributed by atoms with Gasteiger partial charge in [-0.2, -0.15) is 0 Å². The highest BCUT2D eigenvalue weighted by atomic mass is 16.5. The van der Waals surface area contributed by atoms with E-state index in [-0.39, 0.29) is 11.0 Å². The molecule has 2 heteroatoms. The zero-order valence-electron chi connectivity index (χ0n) is 11.0. The van der Waals surface area contributed by atoms with E-state index in [2.05, 4.69) is 26.8 Å². The van der Waals surface area contributed by atoms with Crippen molar-refractivity contribution >= 4 is 0 Å². The summed E-state index contributed by atoms with van der Waals surface area (Å²) in [6, 6.07) is 8.17. The highest BCUT2D eigenvalue weighted by molar-refractivity contribution is 5.38. The van der Waals surface area contributed by atoms with Crippen LogP contribution in [0.15, 0.2) is 24.3 Å². The maximum absolute atomic E-state index is 5.98. The lowest BCUT2D eigenvalue weighted by Crippen LogP contribution is -2.37. The van der Waals surface area contributed by atoms with Crippen molar-refractivity contribution in [3.63, 3.8) is 0 Å². The first-order valence-electron chi connectivity index (χ1n) is 5.75. The minimum Gasteiger partial charge on any atom is -0.486 e. The van der Waals surface area contributed by atoms with Crippen LogP contribution in [0.4, 0.5) is 0 Å². The fourth-order valence-corrected chi connectivity index (χ4v) is 1.51. The maximum atomic E-state index is 5.98. The Balaban J connectivity index is 3.06. The number of hydrogen-bond acceptors (Lipinski definition) is 2. The number of para-hydroxylation sites is 1. The van der Waals surface area contributed by atoms with Crippen LogP contribution in [-0.4, -0.2) is 12.1 Å². The minimum absolute atomic E-state index is 0.0846. The van der Waals surface area contributed by atoms with Gasteiger partial charge in [0.05, 0.1) is 0 Å². The van der Waals surface area contributed by atoms with Crippen LogP contribution in [-0.2, 0) is 5.41 Å². The van der Waals surface area contributed by atoms with Gasteiger partial charge in [-0.3, -0.25) is 0 Å². The van der Waals surface area contributed by atoms with Gasteiger partial charge in [-0.1, -0.05) is 39.0 Å². The molecule has 0 atom stereocenters. The van der Waals surface area contributed by atoms with E-state index in [9.17, 15) is 0 Å². The van der Waals surface area contributed by atoms with E-state index in [0.29, 0.717) is 6.54 Å². The van der Waals surface area contributed by atoms with Crippen molar-refractivity contribution < 1.29 is 4.74 Å². The van der Waals surface area contributed by atoms with E-state index in [1.54, 1.807) is 0 Å². The summed E-state index contributed by atoms with van der Waals surface area (Å²) in [7, 11) is 0. The Labute approximate surface area is 98.8 Å². The average Bonchev–Trinajstić information content (AvgIpc) is 2.16. The van der Waals surface area contributed by atoms with E-state index in [1.807, 2.05) is 32.0 Å². The Kier molecular flexibility index (Phi) is 3.64. The number of hydrogen-bond donors (Lipinski definition) is 1. The molecule has 1 aromatic carbocycles. The van der Waals surface area contributed by atoms with Crippen molar-refractivity contribution in [2.75, 3.05) is 6.54 Å². The summed E-state index contributed by atoms with van der Waals surface area (Å²) in [5.41, 5.74) is 6.67. The van der Waals surface area contributed by atoms with Crippen molar-refractivity contribution in [2.45, 2.75) is 45.6 Å². The second-order valence-electron chi connectivity index (χ2n) is 5.81. The second-order valence-corrected chi connectivity index (χ2v) is 5.81. The van der Waals surface area contributed by atoms with Gasteiger partial charge >= 0.3 is 0 Å². The summed E-state index contributed by atoms with van der Waals surface area (Å²) >= 11 is 0. The third-order valence-corrected chi connectivity index (χ3v) is 2.57. The molecular weight excluding hydrogens is 198 g/mol. The van der Waals surface area contributed by atoms with Crippen LogP contribution in [0.5, 0.6) is 5.75 Å². The van der Waals surface area contributed by atoms with Crippen molar-refractivity contribution in [1.29, 1.82) is 0 Å². The average molecular weight is 221 g/mol. The molecule has 0 heterocycles. The van der Waals surface area contributed by atoms with Crippen LogP contribution in [0.1, 0.15) is 40.2 Å². The van der Waals surface area contributed by atoms with Gasteiger partial charge in [0.1, 0.15) is 11.4 Å². The number of ether oxygens (including phenoxy) is 1. The summed E-state index contributed by atoms with van der Waals surface area (Å²) < 4.78 is 5.98. The van der Waals surface area contributed by atoms with Crippen LogP contribution in [0.25, 0.3) is 0 Å². The lowest BCUT2D eigenvalue weighted by molar-refractivity contribution is 0.116. The van der Waals surface area contributed by atoms with Gasteiger partial charge in [0.2, 0.25) is 0 Å². The van der Waals surface area contributed by atoms with Gasteiger partial charge in [0.25, 0.3) is 0 Å². The van der Waals surface area contributed by atoms with Crippen LogP contribution in [0, 0.1) is 0 Å². The van der Waals surface area contributed by atoms with Gasteiger partial charge in [0.15, 0.2) is 0 Å². The summed E-state index contributed by atoms with van der Waals surface area (Å²) in [5.74, 6) is 0.936. The first-order valence-corrected chi connectivity index (χ1v) is 5.75. The number of benzene rings is 1. The SMILES string of the molecule is CC(C)(CN)Oc1ccccc1C(C)(C)C. The molecule has 0 aliphatic carbocycles. The smallest absolute Gasteiger partial charge is 0.123 e. The Hall–Kier alpha value is -1.02. The molecule has 0 aliphatic heterocycles. The van der Waals surface area contributed by atoms with Gasteiger partial charge in [0, 0.05) is 6.54 Å². The fourth-order valence-electron chi connectivity index (χ4n) is 1.51. The standard InChI is InChI=1S/C14H23NO/c1-13(2,3)11-8-6-7-9-12(11)16-14(4,5)10-15/h6-9H,10,15H2,1-5H3. The van der Waals surface area contributed by atoms with E-state index < -0.39 is 0 Å². The maximum Gasteiger partial charge on any atom is 0.123 e. The molecule has 16 heavy (non-hydrogen) atoms. The summed E-state index contributed by atoms with van der Waals surface area (Å²) in [6.07, 6.45) is 0. The third kappa shape index (κ3) is 3.24. The van der Waals surface area contributed by atoms with Gasteiger partial charge < -0.3 is 10.5 Å². The molecule has 0 radical (unpaired) electrons. The first kappa shape index (κ1) is 13.0. The van der Waals surface area contributed by atoms with E-state index >= 15 is 0 Å². The summed E-state index contributed by atoms with van der Waals surface area (Å²) in [4.78, 5) is 0. The van der Waals surface area contributed by atoms with Crippen molar-refractivity contribution in [2.24, 2.45) is 5.73 Å². The number of nitrogens with two attached hydrogens (primary N) is 1. The molecule has 1 rings (SSSR count). The van der Waals surface area contributed by atoms with Gasteiger partial charge in [-0.25, -0.2) is 0 Å². The normalized spacial score (nSPS) is 12.6. The zero-order valence-corrected chi connectivity index (χ0v) is 11.0. The van der Waals surface area contributed by atoms with Crippen LogP contribution >= 0.6 is 0 Å². The predicted octanol–water partition coefficient (Wildman–Crippen LogP) is 3.10. The quantitative estimate of drug-likeness (QED) is 0.851. The molecule has 0 saturated carbocycles. The first-order chi connectivity index (χ1) is 7.26. The van der Waals surface area contributed by atoms with E-state index in [0.717, 1.165) is 5.75 Å². The van der Waals surface area contributed by atoms with E-state index in [4.69, 9.17) is 10.5 Å². The molecule has 1 aromatic rings. The molecule has 0 aromatic heterocycles. The Morgan fingerprint density at radius 3 is 2.12 bits per heavy atom. The lowest BCUT2D eigenvalue weighted by Gasteiger charge is -2.29. The van der Waals surface area contributed by atoms with Crippen molar-refractivity contribution in [3.8, 4) is 5.75 Å². The highest BCUT2D eigenvalue weighted by Crippen LogP contribution is 2.32. The lowest BCUT2D eigenvalue weighted by atomic mass is 9.86. The zero-order chi connectivity index (χ0) is 12.4. The predicted molar refractivity (Wildman–Crippen MR) is 68.9 cm³/mol. The fraction of sp³-hybridized carbons (Fsp3) is 0.571.